The molecule has 1 aromatic carbocycles. The lowest BCUT2D eigenvalue weighted by Crippen LogP contribution is -2.31. The van der Waals surface area contributed by atoms with E-state index < -0.39 is 0 Å². The summed E-state index contributed by atoms with van der Waals surface area (Å²) in [5.41, 5.74) is 1.07. The molecule has 1 aromatic heterocycles. The number of nitrogens with zero attached hydrogens (tertiary/aromatic N) is 4. The molecule has 6 nitrogen and oxygen atoms in total. The highest BCUT2D eigenvalue weighted by Gasteiger charge is 2.33. The van der Waals surface area contributed by atoms with Crippen molar-refractivity contribution in [3.8, 4) is 5.69 Å². The molecule has 144 valence electrons. The number of benzene rings is 1. The molecule has 0 unspecified atom stereocenters. The Morgan fingerprint density at radius 3 is 2.63 bits per heavy atom. The summed E-state index contributed by atoms with van der Waals surface area (Å²) in [6.07, 6.45) is 5.10. The van der Waals surface area contributed by atoms with Crippen LogP contribution >= 0.6 is 12.2 Å². The van der Waals surface area contributed by atoms with Crippen LogP contribution in [0.15, 0.2) is 30.3 Å². The van der Waals surface area contributed by atoms with Gasteiger partial charge in [-0.1, -0.05) is 18.2 Å². The number of para-hydroxylation sites is 1. The maximum absolute atomic E-state index is 11.8. The van der Waals surface area contributed by atoms with E-state index in [2.05, 4.69) is 21.6 Å². The molecule has 0 amide bonds. The van der Waals surface area contributed by atoms with Gasteiger partial charge in [-0.15, -0.1) is 0 Å². The van der Waals surface area contributed by atoms with Crippen LogP contribution < -0.4 is 0 Å². The molecule has 0 aliphatic heterocycles. The summed E-state index contributed by atoms with van der Waals surface area (Å²) in [6, 6.07) is 10.7. The number of hydrogen-bond acceptors (Lipinski definition) is 5. The van der Waals surface area contributed by atoms with Crippen LogP contribution in [0.4, 0.5) is 0 Å². The summed E-state index contributed by atoms with van der Waals surface area (Å²) in [4.78, 5) is 14.1. The van der Waals surface area contributed by atoms with E-state index in [1.165, 1.54) is 25.7 Å². The van der Waals surface area contributed by atoms with Crippen LogP contribution in [0, 0.1) is 4.77 Å². The highest BCUT2D eigenvalue weighted by atomic mass is 32.1. The Hall–Kier alpha value is -1.99. The van der Waals surface area contributed by atoms with Crippen LogP contribution in [0.3, 0.4) is 0 Å². The van der Waals surface area contributed by atoms with Gasteiger partial charge in [-0.3, -0.25) is 14.3 Å². The predicted molar refractivity (Wildman–Crippen MR) is 105 cm³/mol. The van der Waals surface area contributed by atoms with E-state index in [-0.39, 0.29) is 5.97 Å². The minimum Gasteiger partial charge on any atom is -0.466 e. The molecule has 2 fully saturated rings. The molecule has 0 radical (unpaired) electrons. The van der Waals surface area contributed by atoms with E-state index in [4.69, 9.17) is 22.1 Å². The van der Waals surface area contributed by atoms with E-state index >= 15 is 0 Å². The van der Waals surface area contributed by atoms with Gasteiger partial charge in [-0.25, -0.2) is 4.68 Å². The summed E-state index contributed by atoms with van der Waals surface area (Å²) in [6.45, 7) is 3.58. The summed E-state index contributed by atoms with van der Waals surface area (Å²) in [5, 5.41) is 4.88. The van der Waals surface area contributed by atoms with E-state index in [1.54, 1.807) is 0 Å². The van der Waals surface area contributed by atoms with Gasteiger partial charge in [0.1, 0.15) is 5.82 Å². The second-order valence-electron chi connectivity index (χ2n) is 7.33. The minimum absolute atomic E-state index is 0.139. The van der Waals surface area contributed by atoms with E-state index in [9.17, 15) is 4.79 Å². The third-order valence-electron chi connectivity index (χ3n) is 5.11. The van der Waals surface area contributed by atoms with Crippen molar-refractivity contribution in [3.63, 3.8) is 0 Å². The van der Waals surface area contributed by atoms with Crippen molar-refractivity contribution in [3.05, 3.63) is 40.9 Å². The van der Waals surface area contributed by atoms with Crippen molar-refractivity contribution in [2.75, 3.05) is 13.2 Å². The third kappa shape index (κ3) is 4.30. The number of esters is 1. The van der Waals surface area contributed by atoms with Crippen LogP contribution in [0.25, 0.3) is 5.69 Å². The van der Waals surface area contributed by atoms with Crippen molar-refractivity contribution in [2.24, 2.45) is 0 Å². The van der Waals surface area contributed by atoms with E-state index in [1.807, 2.05) is 29.8 Å². The van der Waals surface area contributed by atoms with Gasteiger partial charge >= 0.3 is 5.97 Å². The molecule has 0 saturated heterocycles. The molecule has 27 heavy (non-hydrogen) atoms. The van der Waals surface area contributed by atoms with E-state index in [0.717, 1.165) is 16.3 Å². The molecule has 7 heteroatoms. The Morgan fingerprint density at radius 2 is 2.00 bits per heavy atom. The lowest BCUT2D eigenvalue weighted by molar-refractivity contribution is -0.143. The SMILES string of the molecule is CCOC(=O)CCN(Cn1nc(C2CC2)n(-c2ccccc2)c1=S)C1CC1. The molecule has 0 N–H and O–H groups in total. The van der Waals surface area contributed by atoms with Gasteiger partial charge in [0.05, 0.1) is 19.7 Å². The van der Waals surface area contributed by atoms with E-state index in [0.29, 0.717) is 38.2 Å². The maximum atomic E-state index is 11.8. The van der Waals surface area contributed by atoms with Crippen LogP contribution in [0.2, 0.25) is 0 Å². The average molecular weight is 387 g/mol. The molecule has 2 aromatic rings. The number of hydrogen-bond donors (Lipinski definition) is 0. The van der Waals surface area contributed by atoms with Crippen molar-refractivity contribution >= 4 is 18.2 Å². The maximum Gasteiger partial charge on any atom is 0.307 e. The topological polar surface area (TPSA) is 52.3 Å². The van der Waals surface area contributed by atoms with Crippen molar-refractivity contribution in [2.45, 2.75) is 57.7 Å². The fourth-order valence-corrected chi connectivity index (χ4v) is 3.69. The van der Waals surface area contributed by atoms with Crippen molar-refractivity contribution < 1.29 is 9.53 Å². The number of carbonyl (C=O) groups is 1. The monoisotopic (exact) mass is 386 g/mol. The first-order chi connectivity index (χ1) is 13.2. The summed E-state index contributed by atoms with van der Waals surface area (Å²) >= 11 is 5.79. The van der Waals surface area contributed by atoms with Crippen LogP contribution in [0.1, 0.15) is 50.8 Å². The standard InChI is InChI=1S/C20H26N4O2S/c1-2-26-18(25)12-13-22(16-10-11-16)14-23-20(27)24(17-6-4-3-5-7-17)19(21-23)15-8-9-15/h3-7,15-16H,2,8-14H2,1H3. The quantitative estimate of drug-likeness (QED) is 0.486. The number of rotatable bonds is 9. The molecular weight excluding hydrogens is 360 g/mol. The normalized spacial score (nSPS) is 16.7. The highest BCUT2D eigenvalue weighted by molar-refractivity contribution is 7.71. The average Bonchev–Trinajstić information content (AvgIpc) is 3.58. The number of aromatic nitrogens is 3. The smallest absolute Gasteiger partial charge is 0.307 e. The number of ether oxygens (including phenoxy) is 1. The molecule has 2 aliphatic rings. The van der Waals surface area contributed by atoms with Crippen LogP contribution in [-0.2, 0) is 16.2 Å². The van der Waals surface area contributed by atoms with Crippen molar-refractivity contribution in [1.82, 2.24) is 19.2 Å². The molecule has 4 rings (SSSR count). The second-order valence-corrected chi connectivity index (χ2v) is 7.69. The number of carbonyl (C=O) groups excluding carboxylic acids is 1. The highest BCUT2D eigenvalue weighted by Crippen LogP contribution is 2.40. The zero-order chi connectivity index (χ0) is 18.8. The molecule has 0 spiro atoms. The molecule has 2 aliphatic carbocycles. The zero-order valence-corrected chi connectivity index (χ0v) is 16.5. The summed E-state index contributed by atoms with van der Waals surface area (Å²) < 4.78 is 9.85. The Morgan fingerprint density at radius 1 is 1.26 bits per heavy atom. The third-order valence-corrected chi connectivity index (χ3v) is 5.50. The van der Waals surface area contributed by atoms with Gasteiger partial charge in [-0.05, 0) is 57.0 Å². The zero-order valence-electron chi connectivity index (χ0n) is 15.7. The Kier molecular flexibility index (Phi) is 5.41. The summed E-state index contributed by atoms with van der Waals surface area (Å²) in [7, 11) is 0. The second kappa shape index (κ2) is 7.94. The molecule has 0 atom stereocenters. The molecule has 1 heterocycles. The largest absolute Gasteiger partial charge is 0.466 e. The van der Waals surface area contributed by atoms with Gasteiger partial charge in [0.25, 0.3) is 0 Å². The summed E-state index contributed by atoms with van der Waals surface area (Å²) in [5.74, 6) is 1.43. The first-order valence-electron chi connectivity index (χ1n) is 9.82. The lowest BCUT2D eigenvalue weighted by atomic mass is 10.3. The Balaban J connectivity index is 1.56. The minimum atomic E-state index is -0.139. The first kappa shape index (κ1) is 18.4. The van der Waals surface area contributed by atoms with Crippen LogP contribution in [-0.4, -0.2) is 44.4 Å². The first-order valence-corrected chi connectivity index (χ1v) is 10.2. The molecule has 0 bridgehead atoms. The molecular formula is C20H26N4O2S. The van der Waals surface area contributed by atoms with Crippen LogP contribution in [0.5, 0.6) is 0 Å². The van der Waals surface area contributed by atoms with Gasteiger partial charge in [0.2, 0.25) is 4.77 Å². The van der Waals surface area contributed by atoms with Crippen molar-refractivity contribution in [1.29, 1.82) is 0 Å². The Bertz CT molecular complexity index is 853. The molecule has 2 saturated carbocycles. The fourth-order valence-electron chi connectivity index (χ4n) is 3.39. The fraction of sp³-hybridized carbons (Fsp3) is 0.550. The Labute approximate surface area is 164 Å². The van der Waals surface area contributed by atoms with Gasteiger partial charge in [0, 0.05) is 24.2 Å². The van der Waals surface area contributed by atoms with Gasteiger partial charge in [-0.2, -0.15) is 5.10 Å². The van der Waals surface area contributed by atoms with Gasteiger partial charge in [0.15, 0.2) is 0 Å². The van der Waals surface area contributed by atoms with Gasteiger partial charge < -0.3 is 4.74 Å². The lowest BCUT2D eigenvalue weighted by Gasteiger charge is -2.21. The predicted octanol–water partition coefficient (Wildman–Crippen LogP) is 3.66.